The second-order valence-corrected chi connectivity index (χ2v) is 37.4. The molecule has 738 valence electrons. The van der Waals surface area contributed by atoms with Crippen molar-refractivity contribution in [3.05, 3.63) is 265 Å². The summed E-state index contributed by atoms with van der Waals surface area (Å²) in [5.41, 5.74) is -2.00. The van der Waals surface area contributed by atoms with Crippen molar-refractivity contribution in [3.63, 3.8) is 0 Å². The normalized spacial score (nSPS) is 17.7. The fourth-order valence-corrected chi connectivity index (χ4v) is 21.2. The number of anilines is 6. The van der Waals surface area contributed by atoms with Crippen LogP contribution in [0.1, 0.15) is 114 Å². The molecular formula is C105H108F9N15O12. The Kier molecular flexibility index (Phi) is 27.7. The van der Waals surface area contributed by atoms with Crippen molar-refractivity contribution in [1.29, 1.82) is 0 Å². The molecule has 6 aliphatic heterocycles. The third kappa shape index (κ3) is 16.9. The molecule has 12 aromatic rings. The Morgan fingerprint density at radius 3 is 0.830 bits per heavy atom. The lowest BCUT2D eigenvalue weighted by Crippen LogP contribution is -2.64. The van der Waals surface area contributed by atoms with E-state index in [1.54, 1.807) is 87.0 Å². The minimum atomic E-state index is -1.23. The number of aliphatic hydroxyl groups excluding tert-OH is 3. The highest BCUT2D eigenvalue weighted by atomic mass is 19.2. The maximum absolute atomic E-state index is 17.3. The number of aliphatic hydroxyl groups is 3. The number of halogens is 9. The zero-order valence-electron chi connectivity index (χ0n) is 79.8. The number of hydrogen-bond acceptors (Lipinski definition) is 21. The van der Waals surface area contributed by atoms with Gasteiger partial charge in [-0.2, -0.15) is 0 Å². The van der Waals surface area contributed by atoms with Crippen LogP contribution in [0.5, 0.6) is 17.2 Å². The van der Waals surface area contributed by atoms with Crippen LogP contribution in [-0.4, -0.2) is 226 Å². The standard InChI is InChI=1S/3C35H36F3N5O4/c3*1-6-26(46)41-17-21-16-40(12-13-44)34-33(42(21)15-20(41)5)22-14-24(37)28(27-23(36)8-7-9-25(27)45)29(38)32(22)43(35(34)47)31-19(4)10-11-39-30(31)18(2)3/h3*6-11,14,18,20-21,44-45H,1,12-13,15-17H2,2-5H3/t3*20-,21+/m111/s1. The molecule has 12 heterocycles. The van der Waals surface area contributed by atoms with Gasteiger partial charge < -0.3 is 74.7 Å². The van der Waals surface area contributed by atoms with Crippen LogP contribution >= 0.6 is 0 Å². The Morgan fingerprint density at radius 1 is 0.362 bits per heavy atom. The predicted octanol–water partition coefficient (Wildman–Crippen LogP) is 15.0. The predicted molar refractivity (Wildman–Crippen MR) is 525 cm³/mol. The highest BCUT2D eigenvalue weighted by molar-refractivity contribution is 6.07. The van der Waals surface area contributed by atoms with Crippen molar-refractivity contribution in [2.45, 2.75) is 137 Å². The highest BCUT2D eigenvalue weighted by Crippen LogP contribution is 2.52. The number of phenolic OH excluding ortho intramolecular Hbond substituents is 3. The quantitative estimate of drug-likeness (QED) is 0.0343. The van der Waals surface area contributed by atoms with Gasteiger partial charge in [0.25, 0.3) is 16.7 Å². The second-order valence-electron chi connectivity index (χ2n) is 37.4. The Balaban J connectivity index is 0.000000152. The lowest BCUT2D eigenvalue weighted by Gasteiger charge is -2.51. The van der Waals surface area contributed by atoms with Gasteiger partial charge in [-0.25, -0.2) is 39.5 Å². The third-order valence-corrected chi connectivity index (χ3v) is 27.5. The van der Waals surface area contributed by atoms with Gasteiger partial charge in [-0.1, -0.05) is 79.5 Å². The van der Waals surface area contributed by atoms with Crippen LogP contribution in [-0.2, 0) is 14.4 Å². The number of β-amino-alcohol motifs (C(OH)–C–C–N with tert-alkyl or cyclic N) is 3. The first kappa shape index (κ1) is 99.5. The molecule has 0 unspecified atom stereocenters. The molecule has 36 heteroatoms. The molecule has 6 aromatic carbocycles. The molecule has 6 atom stereocenters. The number of nitrogens with zero attached hydrogens (tertiary/aromatic N) is 15. The number of benzene rings is 6. The molecule has 0 saturated carbocycles. The number of aryl methyl sites for hydroxylation is 3. The summed E-state index contributed by atoms with van der Waals surface area (Å²) in [6, 6.07) is 16.0. The number of carbonyl (C=O) groups excluding carboxylic acids is 3. The zero-order chi connectivity index (χ0) is 102. The maximum Gasteiger partial charge on any atom is 0.281 e. The number of fused-ring (bicyclic) bond motifs is 15. The Morgan fingerprint density at radius 2 is 0.610 bits per heavy atom. The fraction of sp³-hybridized carbons (Fsp3) is 0.343. The van der Waals surface area contributed by atoms with Gasteiger partial charge in [0, 0.05) is 131 Å². The molecule has 3 amide bonds. The van der Waals surface area contributed by atoms with Gasteiger partial charge in [-0.15, -0.1) is 0 Å². The van der Waals surface area contributed by atoms with Gasteiger partial charge in [0.2, 0.25) is 17.7 Å². The fourth-order valence-electron chi connectivity index (χ4n) is 21.2. The van der Waals surface area contributed by atoms with E-state index in [0.717, 1.165) is 54.6 Å². The number of piperazine rings is 3. The summed E-state index contributed by atoms with van der Waals surface area (Å²) in [5.74, 6) is -13.7. The van der Waals surface area contributed by atoms with Gasteiger partial charge in [0.15, 0.2) is 17.5 Å². The minimum absolute atomic E-state index is 0.0375. The van der Waals surface area contributed by atoms with E-state index in [9.17, 15) is 59.4 Å². The molecule has 27 nitrogen and oxygen atoms in total. The van der Waals surface area contributed by atoms with Crippen molar-refractivity contribution >= 4 is 84.6 Å². The zero-order valence-corrected chi connectivity index (χ0v) is 79.8. The minimum Gasteiger partial charge on any atom is -0.507 e. The van der Waals surface area contributed by atoms with Crippen LogP contribution in [0.3, 0.4) is 0 Å². The number of amides is 3. The molecule has 6 N–H and O–H groups in total. The van der Waals surface area contributed by atoms with Gasteiger partial charge in [-0.3, -0.25) is 57.4 Å². The SMILES string of the molecule is C=CC(=O)N1C[C@@H]2CN(CCO)c3c(c4cc(F)c(-c5c(O)cccc5F)c(F)c4n(-c4c(C)ccnc4C(C)C)c3=O)N2C[C@H]1C.C=CC(=O)N1C[C@@H]2CN(CCO)c3c(c4cc(F)c(-c5c(O)cccc5F)c(F)c4n(-c4c(C)ccnc4C(C)C)c3=O)N2C[C@H]1C.C=CC(=O)N1C[C@@H]2CN(CCO)c3c(c4cc(F)c(-c5c(O)cccc5F)c(F)c4n(-c4c(C)ccnc4C(C)C)c3=O)N2C[C@H]1C. The van der Waals surface area contributed by atoms with E-state index in [-0.39, 0.29) is 219 Å². The van der Waals surface area contributed by atoms with E-state index in [1.165, 1.54) is 50.1 Å². The first-order valence-electron chi connectivity index (χ1n) is 46.5. The van der Waals surface area contributed by atoms with E-state index in [4.69, 9.17) is 0 Å². The number of phenols is 3. The molecule has 0 bridgehead atoms. The third-order valence-electron chi connectivity index (χ3n) is 27.5. The van der Waals surface area contributed by atoms with Crippen LogP contribution < -0.4 is 46.1 Å². The molecular weight excluding hydrogens is 1830 g/mol. The van der Waals surface area contributed by atoms with Crippen molar-refractivity contribution < 1.29 is 84.5 Å². The maximum atomic E-state index is 17.3. The summed E-state index contributed by atoms with van der Waals surface area (Å²) >= 11 is 0. The van der Waals surface area contributed by atoms with Gasteiger partial charge in [0.1, 0.15) is 69.2 Å². The topological polar surface area (TPSA) is 306 Å². The van der Waals surface area contributed by atoms with E-state index in [0.29, 0.717) is 50.8 Å². The summed E-state index contributed by atoms with van der Waals surface area (Å²) in [7, 11) is 0. The smallest absolute Gasteiger partial charge is 0.281 e. The highest BCUT2D eigenvalue weighted by Gasteiger charge is 2.48. The summed E-state index contributed by atoms with van der Waals surface area (Å²) in [4.78, 5) is 112. The number of aromatic hydroxyl groups is 3. The number of hydrogen-bond donors (Lipinski definition) is 6. The molecule has 0 spiro atoms. The van der Waals surface area contributed by atoms with Crippen molar-refractivity contribution in [2.24, 2.45) is 0 Å². The van der Waals surface area contributed by atoms with E-state index >= 15 is 39.5 Å². The van der Waals surface area contributed by atoms with Crippen LogP contribution in [0.4, 0.5) is 73.6 Å². The van der Waals surface area contributed by atoms with Gasteiger partial charge in [0.05, 0.1) is 139 Å². The lowest BCUT2D eigenvalue weighted by atomic mass is 9.95. The molecule has 3 saturated heterocycles. The van der Waals surface area contributed by atoms with E-state index in [2.05, 4.69) is 34.7 Å². The molecule has 3 fully saturated rings. The Hall–Kier alpha value is -14.5. The summed E-state index contributed by atoms with van der Waals surface area (Å²) in [6.45, 7) is 34.3. The van der Waals surface area contributed by atoms with Crippen molar-refractivity contribution in [2.75, 3.05) is 128 Å². The molecule has 141 heavy (non-hydrogen) atoms. The molecule has 0 radical (unpaired) electrons. The Bertz CT molecular complexity index is 6600. The van der Waals surface area contributed by atoms with Gasteiger partial charge in [-0.05, 0) is 167 Å². The summed E-state index contributed by atoms with van der Waals surface area (Å²) < 4.78 is 150. The van der Waals surface area contributed by atoms with Crippen molar-refractivity contribution in [3.8, 4) is 67.7 Å². The number of aromatic nitrogens is 6. The average molecular weight is 1940 g/mol. The molecule has 6 aromatic heterocycles. The lowest BCUT2D eigenvalue weighted by molar-refractivity contribution is -0.129. The Labute approximate surface area is 805 Å². The summed E-state index contributed by atoms with van der Waals surface area (Å²) in [5, 5.41) is 62.2. The molecule has 18 rings (SSSR count). The first-order valence-corrected chi connectivity index (χ1v) is 46.5. The monoisotopic (exact) mass is 1940 g/mol. The number of rotatable bonds is 18. The van der Waals surface area contributed by atoms with Crippen LogP contribution in [0.2, 0.25) is 0 Å². The van der Waals surface area contributed by atoms with Crippen molar-refractivity contribution in [1.82, 2.24) is 43.4 Å². The van der Waals surface area contributed by atoms with Gasteiger partial charge >= 0.3 is 0 Å². The van der Waals surface area contributed by atoms with Crippen LogP contribution in [0, 0.1) is 73.1 Å². The van der Waals surface area contributed by atoms with Crippen LogP contribution in [0.15, 0.2) is 162 Å². The first-order chi connectivity index (χ1) is 67.2. The second kappa shape index (κ2) is 39.3. The van der Waals surface area contributed by atoms with E-state index < -0.39 is 138 Å². The van der Waals surface area contributed by atoms with E-state index in [1.807, 2.05) is 77.0 Å². The molecule has 0 aliphatic carbocycles. The number of carbonyl (C=O) groups is 3. The van der Waals surface area contributed by atoms with Crippen LogP contribution in [0.25, 0.3) is 83.2 Å². The average Bonchev–Trinajstić information content (AvgIpc) is 0.708. The molecule has 6 aliphatic rings. The number of pyridine rings is 6. The largest absolute Gasteiger partial charge is 0.507 e. The summed E-state index contributed by atoms with van der Waals surface area (Å²) in [6.07, 6.45) is 8.46.